The van der Waals surface area contributed by atoms with Crippen LogP contribution in [0.5, 0.6) is 11.5 Å². The SMILES string of the molecule is CCOc1cccc2cc(C(=O)CC(=O)C=Cc3ccc(OC)cc3)c(=O)sc12. The molecule has 0 saturated carbocycles. The maximum absolute atomic E-state index is 12.5. The van der Waals surface area contributed by atoms with E-state index in [-0.39, 0.29) is 22.5 Å². The molecule has 3 aromatic rings. The lowest BCUT2D eigenvalue weighted by molar-refractivity contribution is -0.113. The van der Waals surface area contributed by atoms with Crippen molar-refractivity contribution in [2.75, 3.05) is 13.7 Å². The Labute approximate surface area is 172 Å². The lowest BCUT2D eigenvalue weighted by Crippen LogP contribution is -2.14. The van der Waals surface area contributed by atoms with Crippen molar-refractivity contribution in [3.05, 3.63) is 75.3 Å². The summed E-state index contributed by atoms with van der Waals surface area (Å²) in [5.41, 5.74) is 0.842. The first kappa shape index (κ1) is 20.5. The molecule has 0 fully saturated rings. The van der Waals surface area contributed by atoms with E-state index in [2.05, 4.69) is 0 Å². The van der Waals surface area contributed by atoms with Gasteiger partial charge in [-0.25, -0.2) is 0 Å². The number of ether oxygens (including phenoxy) is 2. The van der Waals surface area contributed by atoms with Crippen LogP contribution in [0.25, 0.3) is 16.2 Å². The van der Waals surface area contributed by atoms with Crippen LogP contribution in [-0.2, 0) is 4.79 Å². The number of allylic oxidation sites excluding steroid dienone is 1. The van der Waals surface area contributed by atoms with Gasteiger partial charge in [-0.1, -0.05) is 41.7 Å². The van der Waals surface area contributed by atoms with Gasteiger partial charge in [-0.3, -0.25) is 14.4 Å². The van der Waals surface area contributed by atoms with Gasteiger partial charge < -0.3 is 9.47 Å². The van der Waals surface area contributed by atoms with Gasteiger partial charge in [-0.05, 0) is 48.2 Å². The summed E-state index contributed by atoms with van der Waals surface area (Å²) in [7, 11) is 1.58. The smallest absolute Gasteiger partial charge is 0.243 e. The largest absolute Gasteiger partial charge is 0.497 e. The van der Waals surface area contributed by atoms with E-state index in [0.29, 0.717) is 17.1 Å². The molecule has 0 atom stereocenters. The Hall–Kier alpha value is -3.25. The third-order valence-corrected chi connectivity index (χ3v) is 5.28. The second-order valence-electron chi connectivity index (χ2n) is 6.23. The number of methoxy groups -OCH3 is 1. The zero-order chi connectivity index (χ0) is 20.8. The predicted molar refractivity (Wildman–Crippen MR) is 115 cm³/mol. The van der Waals surface area contributed by atoms with E-state index < -0.39 is 5.78 Å². The fourth-order valence-electron chi connectivity index (χ4n) is 2.80. The average molecular weight is 408 g/mol. The van der Waals surface area contributed by atoms with Crippen LogP contribution in [-0.4, -0.2) is 25.3 Å². The van der Waals surface area contributed by atoms with E-state index in [0.717, 1.165) is 28.0 Å². The molecule has 29 heavy (non-hydrogen) atoms. The number of benzene rings is 2. The van der Waals surface area contributed by atoms with E-state index in [1.54, 1.807) is 49.6 Å². The van der Waals surface area contributed by atoms with Crippen LogP contribution in [0.1, 0.15) is 29.3 Å². The molecule has 0 aliphatic heterocycles. The van der Waals surface area contributed by atoms with E-state index in [1.807, 2.05) is 19.1 Å². The predicted octanol–water partition coefficient (Wildman–Crippen LogP) is 4.52. The number of hydrogen-bond donors (Lipinski definition) is 0. The standard InChI is InChI=1S/C23H20O5S/c1-3-28-21-6-4-5-16-13-19(23(26)29-22(16)21)20(25)14-17(24)10-7-15-8-11-18(27-2)12-9-15/h4-13H,3,14H2,1-2H3. The fraction of sp³-hybridized carbons (Fsp3) is 0.174. The molecular weight excluding hydrogens is 388 g/mol. The molecule has 0 radical (unpaired) electrons. The summed E-state index contributed by atoms with van der Waals surface area (Å²) < 4.78 is 11.0. The zero-order valence-corrected chi connectivity index (χ0v) is 17.0. The topological polar surface area (TPSA) is 69.7 Å². The Morgan fingerprint density at radius 1 is 1.10 bits per heavy atom. The van der Waals surface area contributed by atoms with Crippen LogP contribution in [0.3, 0.4) is 0 Å². The second-order valence-corrected chi connectivity index (χ2v) is 7.21. The Morgan fingerprint density at radius 3 is 2.55 bits per heavy atom. The lowest BCUT2D eigenvalue weighted by Gasteiger charge is -2.07. The molecule has 0 bridgehead atoms. The normalized spacial score (nSPS) is 11.0. The van der Waals surface area contributed by atoms with E-state index in [4.69, 9.17) is 9.47 Å². The summed E-state index contributed by atoms with van der Waals surface area (Å²) in [5.74, 6) is 0.485. The van der Waals surface area contributed by atoms with Gasteiger partial charge in [-0.15, -0.1) is 0 Å². The number of fused-ring (bicyclic) bond motifs is 1. The van der Waals surface area contributed by atoms with Gasteiger partial charge in [0.1, 0.15) is 11.5 Å². The van der Waals surface area contributed by atoms with Gasteiger partial charge in [-0.2, -0.15) is 0 Å². The van der Waals surface area contributed by atoms with Crippen molar-refractivity contribution in [2.45, 2.75) is 13.3 Å². The highest BCUT2D eigenvalue weighted by molar-refractivity contribution is 7.16. The van der Waals surface area contributed by atoms with Gasteiger partial charge in [0.05, 0.1) is 30.4 Å². The molecule has 1 heterocycles. The highest BCUT2D eigenvalue weighted by atomic mass is 32.1. The first-order chi connectivity index (χ1) is 14.0. The third-order valence-electron chi connectivity index (χ3n) is 4.24. The fourth-order valence-corrected chi connectivity index (χ4v) is 3.74. The molecule has 0 saturated heterocycles. The summed E-state index contributed by atoms with van der Waals surface area (Å²) in [6.45, 7) is 2.35. The Bertz CT molecular complexity index is 1130. The van der Waals surface area contributed by atoms with Crippen molar-refractivity contribution < 1.29 is 19.1 Å². The number of carbonyl (C=O) groups excluding carboxylic acids is 2. The third kappa shape index (κ3) is 4.97. The van der Waals surface area contributed by atoms with Crippen molar-refractivity contribution in [2.24, 2.45) is 0 Å². The second kappa shape index (κ2) is 9.30. The van der Waals surface area contributed by atoms with Crippen LogP contribution < -0.4 is 14.2 Å². The van der Waals surface area contributed by atoms with Crippen LogP contribution in [0.4, 0.5) is 0 Å². The van der Waals surface area contributed by atoms with Gasteiger partial charge in [0.2, 0.25) is 4.74 Å². The van der Waals surface area contributed by atoms with Crippen molar-refractivity contribution in [1.29, 1.82) is 0 Å². The number of rotatable bonds is 8. The maximum Gasteiger partial charge on any atom is 0.243 e. The first-order valence-corrected chi connectivity index (χ1v) is 9.91. The summed E-state index contributed by atoms with van der Waals surface area (Å²) in [6.07, 6.45) is 2.62. The highest BCUT2D eigenvalue weighted by Crippen LogP contribution is 2.28. The molecule has 0 aliphatic rings. The number of ketones is 2. The molecular formula is C23H20O5S. The summed E-state index contributed by atoms with van der Waals surface area (Å²) >= 11 is 0.961. The average Bonchev–Trinajstić information content (AvgIpc) is 2.73. The number of carbonyl (C=O) groups is 2. The summed E-state index contributed by atoms with van der Waals surface area (Å²) in [4.78, 5) is 37.2. The van der Waals surface area contributed by atoms with E-state index in [9.17, 15) is 14.4 Å². The summed E-state index contributed by atoms with van der Waals surface area (Å²) in [6, 6.07) is 14.1. The van der Waals surface area contributed by atoms with Gasteiger partial charge in [0.25, 0.3) is 0 Å². The minimum absolute atomic E-state index is 0.0299. The molecule has 148 valence electrons. The van der Waals surface area contributed by atoms with Crippen molar-refractivity contribution in [3.8, 4) is 11.5 Å². The van der Waals surface area contributed by atoms with Crippen molar-refractivity contribution in [3.63, 3.8) is 0 Å². The molecule has 0 aliphatic carbocycles. The number of Topliss-reactive ketones (excluding diaryl/α,β-unsaturated/α-hetero) is 1. The van der Waals surface area contributed by atoms with Crippen LogP contribution >= 0.6 is 11.3 Å². The van der Waals surface area contributed by atoms with Crippen LogP contribution in [0, 0.1) is 0 Å². The van der Waals surface area contributed by atoms with Crippen LogP contribution in [0.15, 0.2) is 59.4 Å². The zero-order valence-electron chi connectivity index (χ0n) is 16.1. The Kier molecular flexibility index (Phi) is 6.57. The Balaban J connectivity index is 1.76. The summed E-state index contributed by atoms with van der Waals surface area (Å²) in [5, 5.41) is 0.741. The monoisotopic (exact) mass is 408 g/mol. The molecule has 0 unspecified atom stereocenters. The van der Waals surface area contributed by atoms with E-state index in [1.165, 1.54) is 6.08 Å². The van der Waals surface area contributed by atoms with Gasteiger partial charge in [0.15, 0.2) is 11.6 Å². The lowest BCUT2D eigenvalue weighted by atomic mass is 10.1. The molecule has 0 amide bonds. The molecule has 0 N–H and O–H groups in total. The van der Waals surface area contributed by atoms with Gasteiger partial charge in [0, 0.05) is 0 Å². The van der Waals surface area contributed by atoms with Gasteiger partial charge >= 0.3 is 0 Å². The Morgan fingerprint density at radius 2 is 1.86 bits per heavy atom. The van der Waals surface area contributed by atoms with Crippen LogP contribution in [0.2, 0.25) is 0 Å². The quantitative estimate of drug-likeness (QED) is 0.311. The number of hydrogen-bond acceptors (Lipinski definition) is 6. The van der Waals surface area contributed by atoms with Crippen molar-refractivity contribution in [1.82, 2.24) is 0 Å². The molecule has 1 aromatic heterocycles. The van der Waals surface area contributed by atoms with Crippen molar-refractivity contribution >= 4 is 39.1 Å². The first-order valence-electron chi connectivity index (χ1n) is 9.09. The molecule has 3 rings (SSSR count). The molecule has 6 heteroatoms. The molecule has 5 nitrogen and oxygen atoms in total. The molecule has 2 aromatic carbocycles. The minimum Gasteiger partial charge on any atom is -0.497 e. The van der Waals surface area contributed by atoms with E-state index >= 15 is 0 Å². The highest BCUT2D eigenvalue weighted by Gasteiger charge is 2.16. The molecule has 0 spiro atoms. The maximum atomic E-state index is 12.5. The minimum atomic E-state index is -0.487.